The van der Waals surface area contributed by atoms with Crippen LogP contribution in [0, 0.1) is 0 Å². The summed E-state index contributed by atoms with van der Waals surface area (Å²) in [4.78, 5) is 9.92. The summed E-state index contributed by atoms with van der Waals surface area (Å²) >= 11 is 0. The predicted molar refractivity (Wildman–Crippen MR) is 42.3 cm³/mol. The Kier molecular flexibility index (Phi) is 7.24. The fourth-order valence-corrected chi connectivity index (χ4v) is 0.436. The van der Waals surface area contributed by atoms with E-state index in [0.29, 0.717) is 0 Å². The molecule has 5 heteroatoms. The minimum atomic E-state index is -0.975. The van der Waals surface area contributed by atoms with E-state index in [-0.39, 0.29) is 25.2 Å². The Labute approximate surface area is 70.5 Å². The van der Waals surface area contributed by atoms with Crippen molar-refractivity contribution in [1.82, 2.24) is 0 Å². The van der Waals surface area contributed by atoms with Gasteiger partial charge >= 0.3 is 5.97 Å². The zero-order chi connectivity index (χ0) is 8.15. The molecule has 66 valence electrons. The van der Waals surface area contributed by atoms with Gasteiger partial charge in [-0.25, -0.2) is 4.39 Å². The summed E-state index contributed by atoms with van der Waals surface area (Å²) in [6.07, 6.45) is -0.0191. The van der Waals surface area contributed by atoms with Crippen LogP contribution >= 0.6 is 12.4 Å². The number of carbonyl (C=O) groups is 1. The van der Waals surface area contributed by atoms with E-state index in [1.54, 1.807) is 0 Å². The van der Waals surface area contributed by atoms with Crippen LogP contribution in [-0.4, -0.2) is 17.1 Å². The second-order valence-corrected chi connectivity index (χ2v) is 1.99. The molecule has 11 heavy (non-hydrogen) atoms. The van der Waals surface area contributed by atoms with E-state index in [0.717, 1.165) is 0 Å². The highest BCUT2D eigenvalue weighted by molar-refractivity contribution is 5.85. The summed E-state index contributed by atoms with van der Waals surface area (Å²) < 4.78 is 12.0. The molecular weight excluding hydrogens is 173 g/mol. The lowest BCUT2D eigenvalue weighted by Crippen LogP contribution is -2.21. The van der Waals surface area contributed by atoms with Crippen LogP contribution in [0.2, 0.25) is 0 Å². The lowest BCUT2D eigenvalue weighted by atomic mass is 10.1. The molecule has 0 spiro atoms. The highest BCUT2D eigenvalue weighted by atomic mass is 35.5. The van der Waals surface area contributed by atoms with E-state index in [1.165, 1.54) is 0 Å². The molecule has 0 saturated carbocycles. The molecule has 0 aliphatic carbocycles. The van der Waals surface area contributed by atoms with Gasteiger partial charge in [0.15, 0.2) is 0 Å². The molecule has 0 fully saturated rings. The van der Waals surface area contributed by atoms with Crippen LogP contribution in [0.4, 0.5) is 4.39 Å². The Bertz CT molecular complexity index is 152. The maximum atomic E-state index is 12.0. The average Bonchev–Trinajstić information content (AvgIpc) is 1.82. The smallest absolute Gasteiger partial charge is 0.303 e. The first-order chi connectivity index (χ1) is 4.54. The van der Waals surface area contributed by atoms with E-state index >= 15 is 0 Å². The number of carboxylic acids is 1. The van der Waals surface area contributed by atoms with Crippen molar-refractivity contribution in [3.8, 4) is 0 Å². The molecule has 0 bridgehead atoms. The van der Waals surface area contributed by atoms with Crippen molar-refractivity contribution in [2.45, 2.75) is 18.9 Å². The van der Waals surface area contributed by atoms with Crippen LogP contribution in [0.5, 0.6) is 0 Å². The Hall–Kier alpha value is -0.610. The molecular formula is C6H11ClFNO2. The van der Waals surface area contributed by atoms with Crippen LogP contribution in [0.15, 0.2) is 12.4 Å². The van der Waals surface area contributed by atoms with Crippen LogP contribution in [0.25, 0.3) is 0 Å². The molecule has 0 heterocycles. The van der Waals surface area contributed by atoms with Gasteiger partial charge < -0.3 is 10.8 Å². The minimum absolute atomic E-state index is 0. The molecule has 1 unspecified atom stereocenters. The third-order valence-electron chi connectivity index (χ3n) is 1.07. The number of rotatable bonds is 4. The van der Waals surface area contributed by atoms with Crippen molar-refractivity contribution in [3.05, 3.63) is 12.4 Å². The molecule has 3 nitrogen and oxygen atoms in total. The summed E-state index contributed by atoms with van der Waals surface area (Å²) in [5.41, 5.74) is 5.13. The van der Waals surface area contributed by atoms with Crippen LogP contribution in [0.3, 0.4) is 0 Å². The van der Waals surface area contributed by atoms with E-state index in [2.05, 4.69) is 6.58 Å². The van der Waals surface area contributed by atoms with E-state index in [9.17, 15) is 9.18 Å². The SMILES string of the molecule is C=C(F)C(N)CCC(=O)O.Cl. The van der Waals surface area contributed by atoms with E-state index in [1.807, 2.05) is 0 Å². The van der Waals surface area contributed by atoms with Gasteiger partial charge in [0.1, 0.15) is 5.83 Å². The van der Waals surface area contributed by atoms with Gasteiger partial charge in [0.25, 0.3) is 0 Å². The van der Waals surface area contributed by atoms with Crippen molar-refractivity contribution in [2.75, 3.05) is 0 Å². The normalized spacial score (nSPS) is 11.5. The van der Waals surface area contributed by atoms with Crippen LogP contribution < -0.4 is 5.73 Å². The molecule has 1 atom stereocenters. The highest BCUT2D eigenvalue weighted by Gasteiger charge is 2.07. The van der Waals surface area contributed by atoms with Gasteiger partial charge in [0.05, 0.1) is 6.04 Å². The fraction of sp³-hybridized carbons (Fsp3) is 0.500. The first-order valence-electron chi connectivity index (χ1n) is 2.85. The van der Waals surface area contributed by atoms with E-state index < -0.39 is 17.8 Å². The molecule has 0 aromatic heterocycles. The Morgan fingerprint density at radius 1 is 1.73 bits per heavy atom. The number of carboxylic acid groups (broad SMARTS) is 1. The zero-order valence-corrected chi connectivity index (χ0v) is 6.73. The topological polar surface area (TPSA) is 63.3 Å². The summed E-state index contributed by atoms with van der Waals surface area (Å²) in [7, 11) is 0. The van der Waals surface area contributed by atoms with Gasteiger partial charge in [0, 0.05) is 6.42 Å². The highest BCUT2D eigenvalue weighted by Crippen LogP contribution is 2.04. The van der Waals surface area contributed by atoms with Crippen molar-refractivity contribution in [1.29, 1.82) is 0 Å². The average molecular weight is 184 g/mol. The van der Waals surface area contributed by atoms with Gasteiger partial charge in [0.2, 0.25) is 0 Å². The fourth-order valence-electron chi connectivity index (χ4n) is 0.436. The lowest BCUT2D eigenvalue weighted by Gasteiger charge is -2.04. The van der Waals surface area contributed by atoms with Gasteiger partial charge in [-0.2, -0.15) is 0 Å². The minimum Gasteiger partial charge on any atom is -0.481 e. The van der Waals surface area contributed by atoms with Crippen molar-refractivity contribution >= 4 is 18.4 Å². The molecule has 0 rings (SSSR count). The first-order valence-corrected chi connectivity index (χ1v) is 2.85. The Balaban J connectivity index is 0. The molecule has 0 aliphatic heterocycles. The third kappa shape index (κ3) is 7.29. The molecule has 0 aromatic rings. The third-order valence-corrected chi connectivity index (χ3v) is 1.07. The summed E-state index contributed by atoms with van der Waals surface area (Å²) in [6.45, 7) is 2.95. The monoisotopic (exact) mass is 183 g/mol. The summed E-state index contributed by atoms with van der Waals surface area (Å²) in [5, 5.41) is 8.14. The lowest BCUT2D eigenvalue weighted by molar-refractivity contribution is -0.137. The largest absolute Gasteiger partial charge is 0.481 e. The molecule has 0 aliphatic rings. The van der Waals surface area contributed by atoms with Gasteiger partial charge in [-0.3, -0.25) is 4.79 Å². The van der Waals surface area contributed by atoms with E-state index in [4.69, 9.17) is 10.8 Å². The Morgan fingerprint density at radius 3 is 2.45 bits per heavy atom. The summed E-state index contributed by atoms with van der Waals surface area (Å²) in [6, 6.07) is -0.837. The number of hydrogen-bond donors (Lipinski definition) is 2. The molecule has 0 amide bonds. The zero-order valence-electron chi connectivity index (χ0n) is 5.92. The number of nitrogens with two attached hydrogens (primary N) is 1. The number of aliphatic carboxylic acids is 1. The molecule has 0 radical (unpaired) electrons. The molecule has 0 saturated heterocycles. The van der Waals surface area contributed by atoms with Crippen LogP contribution in [0.1, 0.15) is 12.8 Å². The maximum absolute atomic E-state index is 12.0. The van der Waals surface area contributed by atoms with Crippen molar-refractivity contribution in [2.24, 2.45) is 5.73 Å². The number of halogens is 2. The van der Waals surface area contributed by atoms with Crippen LogP contribution in [-0.2, 0) is 4.79 Å². The van der Waals surface area contributed by atoms with Crippen molar-refractivity contribution in [3.63, 3.8) is 0 Å². The van der Waals surface area contributed by atoms with Crippen molar-refractivity contribution < 1.29 is 14.3 Å². The standard InChI is InChI=1S/C6H10FNO2.ClH/c1-4(7)5(8)2-3-6(9)10;/h5H,1-3,8H2,(H,9,10);1H. The Morgan fingerprint density at radius 2 is 2.18 bits per heavy atom. The molecule has 0 aromatic carbocycles. The van der Waals surface area contributed by atoms with Gasteiger partial charge in [-0.15, -0.1) is 12.4 Å². The quantitative estimate of drug-likeness (QED) is 0.686. The second-order valence-electron chi connectivity index (χ2n) is 1.99. The molecule has 3 N–H and O–H groups in total. The maximum Gasteiger partial charge on any atom is 0.303 e. The first kappa shape index (κ1) is 13.0. The van der Waals surface area contributed by atoms with Gasteiger partial charge in [-0.05, 0) is 6.42 Å². The summed E-state index contributed by atoms with van der Waals surface area (Å²) in [5.74, 6) is -1.64. The predicted octanol–water partition coefficient (Wildman–Crippen LogP) is 1.08. The second kappa shape index (κ2) is 6.12. The number of hydrogen-bond acceptors (Lipinski definition) is 2. The van der Waals surface area contributed by atoms with Gasteiger partial charge in [-0.1, -0.05) is 6.58 Å².